The van der Waals surface area contributed by atoms with Crippen LogP contribution < -0.4 is 22.1 Å². The van der Waals surface area contributed by atoms with Gasteiger partial charge in [0.2, 0.25) is 11.8 Å². The van der Waals surface area contributed by atoms with Gasteiger partial charge < -0.3 is 22.1 Å². The highest BCUT2D eigenvalue weighted by Crippen LogP contribution is 2.06. The first-order valence-corrected chi connectivity index (χ1v) is 6.10. The Kier molecular flexibility index (Phi) is 5.52. The average molecular weight is 278 g/mol. The van der Waals surface area contributed by atoms with Crippen molar-refractivity contribution in [1.82, 2.24) is 10.6 Å². The minimum Gasteiger partial charge on any atom is -0.399 e. The van der Waals surface area contributed by atoms with Crippen LogP contribution in [0.5, 0.6) is 0 Å². The Bertz CT molecular complexity index is 499. The molecule has 0 aromatic heterocycles. The molecule has 1 atom stereocenters. The van der Waals surface area contributed by atoms with Gasteiger partial charge in [-0.05, 0) is 30.7 Å². The van der Waals surface area contributed by atoms with Gasteiger partial charge in [0.25, 0.3) is 5.91 Å². The molecule has 7 nitrogen and oxygen atoms in total. The monoisotopic (exact) mass is 278 g/mol. The van der Waals surface area contributed by atoms with Gasteiger partial charge in [0, 0.05) is 24.7 Å². The average Bonchev–Trinajstić information content (AvgIpc) is 2.42. The Morgan fingerprint density at radius 1 is 1.20 bits per heavy atom. The van der Waals surface area contributed by atoms with E-state index in [1.807, 2.05) is 0 Å². The number of carbonyl (C=O) groups excluding carboxylic acids is 3. The van der Waals surface area contributed by atoms with Crippen LogP contribution in [0.1, 0.15) is 23.2 Å². The number of carbonyl (C=O) groups is 3. The highest BCUT2D eigenvalue weighted by molar-refractivity contribution is 5.97. The molecule has 0 saturated carbocycles. The van der Waals surface area contributed by atoms with Crippen LogP contribution in [0.3, 0.4) is 0 Å². The molecule has 3 amide bonds. The van der Waals surface area contributed by atoms with Gasteiger partial charge in [-0.1, -0.05) is 0 Å². The molecule has 1 aromatic carbocycles. The normalized spacial score (nSPS) is 11.4. The van der Waals surface area contributed by atoms with Crippen LogP contribution in [0.2, 0.25) is 0 Å². The number of benzene rings is 1. The summed E-state index contributed by atoms with van der Waals surface area (Å²) in [5.41, 5.74) is 11.5. The summed E-state index contributed by atoms with van der Waals surface area (Å²) in [6.07, 6.45) is 0.163. The summed E-state index contributed by atoms with van der Waals surface area (Å²) >= 11 is 0. The van der Waals surface area contributed by atoms with Crippen LogP contribution >= 0.6 is 0 Å². The van der Waals surface area contributed by atoms with E-state index in [1.54, 1.807) is 24.3 Å². The van der Waals surface area contributed by atoms with Crippen molar-refractivity contribution in [2.45, 2.75) is 18.9 Å². The molecule has 1 rings (SSSR count). The number of anilines is 1. The molecule has 0 saturated heterocycles. The zero-order valence-corrected chi connectivity index (χ0v) is 11.2. The van der Waals surface area contributed by atoms with Crippen LogP contribution in [0.4, 0.5) is 5.69 Å². The van der Waals surface area contributed by atoms with Gasteiger partial charge in [-0.15, -0.1) is 0 Å². The van der Waals surface area contributed by atoms with Crippen molar-refractivity contribution in [1.29, 1.82) is 0 Å². The highest BCUT2D eigenvalue weighted by Gasteiger charge is 2.20. The number of nitrogens with one attached hydrogen (secondary N) is 2. The summed E-state index contributed by atoms with van der Waals surface area (Å²) in [7, 11) is 1.45. The number of likely N-dealkylation sites (N-methyl/N-ethyl adjacent to an activating group) is 1. The lowest BCUT2D eigenvalue weighted by Gasteiger charge is -2.16. The van der Waals surface area contributed by atoms with Gasteiger partial charge in [0.05, 0.1) is 0 Å². The van der Waals surface area contributed by atoms with E-state index in [4.69, 9.17) is 11.5 Å². The number of nitrogen functional groups attached to an aromatic ring is 1. The smallest absolute Gasteiger partial charge is 0.251 e. The van der Waals surface area contributed by atoms with Crippen molar-refractivity contribution in [2.75, 3.05) is 12.8 Å². The van der Waals surface area contributed by atoms with E-state index >= 15 is 0 Å². The molecule has 0 radical (unpaired) electrons. The number of primary amides is 1. The van der Waals surface area contributed by atoms with E-state index in [2.05, 4.69) is 10.6 Å². The highest BCUT2D eigenvalue weighted by atomic mass is 16.2. The topological polar surface area (TPSA) is 127 Å². The molecule has 0 spiro atoms. The summed E-state index contributed by atoms with van der Waals surface area (Å²) in [5.74, 6) is -1.32. The summed E-state index contributed by atoms with van der Waals surface area (Å²) in [6, 6.07) is 5.48. The Labute approximate surface area is 116 Å². The van der Waals surface area contributed by atoms with Gasteiger partial charge >= 0.3 is 0 Å². The van der Waals surface area contributed by atoms with Crippen LogP contribution in [0.15, 0.2) is 24.3 Å². The zero-order valence-electron chi connectivity index (χ0n) is 11.2. The summed E-state index contributed by atoms with van der Waals surface area (Å²) in [6.45, 7) is 0. The molecule has 1 unspecified atom stereocenters. The lowest BCUT2D eigenvalue weighted by molar-refractivity contribution is -0.123. The second-order valence-electron chi connectivity index (χ2n) is 4.27. The van der Waals surface area contributed by atoms with E-state index in [0.717, 1.165) is 0 Å². The fourth-order valence-corrected chi connectivity index (χ4v) is 1.61. The van der Waals surface area contributed by atoms with Crippen LogP contribution in [-0.4, -0.2) is 30.8 Å². The maximum absolute atomic E-state index is 12.0. The lowest BCUT2D eigenvalue weighted by atomic mass is 10.1. The molecular weight excluding hydrogens is 260 g/mol. The van der Waals surface area contributed by atoms with Crippen molar-refractivity contribution in [3.05, 3.63) is 29.8 Å². The quantitative estimate of drug-likeness (QED) is 0.517. The number of nitrogens with two attached hydrogens (primary N) is 2. The van der Waals surface area contributed by atoms with Gasteiger partial charge in [-0.25, -0.2) is 0 Å². The summed E-state index contributed by atoms with van der Waals surface area (Å²) in [5, 5.41) is 4.99. The molecular formula is C13H18N4O3. The Morgan fingerprint density at radius 3 is 2.30 bits per heavy atom. The molecule has 0 fully saturated rings. The Balaban J connectivity index is 2.72. The predicted molar refractivity (Wildman–Crippen MR) is 74.6 cm³/mol. The molecule has 20 heavy (non-hydrogen) atoms. The summed E-state index contributed by atoms with van der Waals surface area (Å²) in [4.78, 5) is 34.4. The maximum Gasteiger partial charge on any atom is 0.251 e. The van der Waals surface area contributed by atoms with E-state index in [1.165, 1.54) is 7.05 Å². The first-order chi connectivity index (χ1) is 9.43. The fourth-order valence-electron chi connectivity index (χ4n) is 1.61. The third-order valence-electron chi connectivity index (χ3n) is 2.72. The third kappa shape index (κ3) is 4.60. The molecule has 0 heterocycles. The minimum absolute atomic E-state index is 0.0140. The predicted octanol–water partition coefficient (Wildman–Crippen LogP) is -0.621. The van der Waals surface area contributed by atoms with Crippen molar-refractivity contribution >= 4 is 23.4 Å². The van der Waals surface area contributed by atoms with Gasteiger partial charge in [-0.2, -0.15) is 0 Å². The van der Waals surface area contributed by atoms with E-state index < -0.39 is 17.9 Å². The molecule has 0 aliphatic carbocycles. The largest absolute Gasteiger partial charge is 0.399 e. The summed E-state index contributed by atoms with van der Waals surface area (Å²) < 4.78 is 0. The first-order valence-electron chi connectivity index (χ1n) is 6.10. The van der Waals surface area contributed by atoms with Crippen molar-refractivity contribution in [3.8, 4) is 0 Å². The molecule has 0 aliphatic rings. The maximum atomic E-state index is 12.0. The zero-order chi connectivity index (χ0) is 15.1. The number of rotatable bonds is 6. The third-order valence-corrected chi connectivity index (χ3v) is 2.72. The van der Waals surface area contributed by atoms with Gasteiger partial charge in [0.15, 0.2) is 0 Å². The van der Waals surface area contributed by atoms with Crippen LogP contribution in [-0.2, 0) is 9.59 Å². The number of amides is 3. The van der Waals surface area contributed by atoms with Crippen molar-refractivity contribution in [3.63, 3.8) is 0 Å². The van der Waals surface area contributed by atoms with Gasteiger partial charge in [0.1, 0.15) is 6.04 Å². The van der Waals surface area contributed by atoms with E-state index in [9.17, 15) is 14.4 Å². The van der Waals surface area contributed by atoms with E-state index in [-0.39, 0.29) is 18.7 Å². The molecule has 1 aromatic rings. The first kappa shape index (κ1) is 15.5. The van der Waals surface area contributed by atoms with Gasteiger partial charge in [-0.3, -0.25) is 14.4 Å². The second kappa shape index (κ2) is 7.13. The standard InChI is InChI=1S/C13H18N4O3/c1-16-13(20)10(6-7-11(15)18)17-12(19)8-2-4-9(14)5-3-8/h2-5,10H,6-7,14H2,1H3,(H2,15,18)(H,16,20)(H,17,19). The lowest BCUT2D eigenvalue weighted by Crippen LogP contribution is -2.46. The molecule has 6 N–H and O–H groups in total. The molecule has 0 bridgehead atoms. The molecule has 108 valence electrons. The number of hydrogen-bond acceptors (Lipinski definition) is 4. The Morgan fingerprint density at radius 2 is 1.80 bits per heavy atom. The molecule has 0 aliphatic heterocycles. The van der Waals surface area contributed by atoms with Crippen molar-refractivity contribution in [2.24, 2.45) is 5.73 Å². The van der Waals surface area contributed by atoms with Crippen LogP contribution in [0, 0.1) is 0 Å². The number of hydrogen-bond donors (Lipinski definition) is 4. The fraction of sp³-hybridized carbons (Fsp3) is 0.308. The Hall–Kier alpha value is -2.57. The molecule has 7 heteroatoms. The van der Waals surface area contributed by atoms with Crippen molar-refractivity contribution < 1.29 is 14.4 Å². The van der Waals surface area contributed by atoms with E-state index in [0.29, 0.717) is 11.3 Å². The second-order valence-corrected chi connectivity index (χ2v) is 4.27. The minimum atomic E-state index is -0.808. The van der Waals surface area contributed by atoms with Crippen LogP contribution in [0.25, 0.3) is 0 Å². The SMILES string of the molecule is CNC(=O)C(CCC(N)=O)NC(=O)c1ccc(N)cc1.